The van der Waals surface area contributed by atoms with Crippen molar-refractivity contribution in [2.45, 2.75) is 33.2 Å². The summed E-state index contributed by atoms with van der Waals surface area (Å²) in [5.41, 5.74) is 1.94. The van der Waals surface area contributed by atoms with Crippen LogP contribution in [0.25, 0.3) is 0 Å². The number of nitrogens with one attached hydrogen (secondary N) is 2. The maximum absolute atomic E-state index is 13.3. The SMILES string of the molecule is CC[C@@H](Nc1c(Nc2cccc(C(=O)N(CC)c3cccc(C)c3)c2O)c(=O)c1=O)c1ccccc1. The average Bonchev–Trinajstić information content (AvgIpc) is 2.90. The third-order valence-corrected chi connectivity index (χ3v) is 6.24. The number of amides is 1. The maximum Gasteiger partial charge on any atom is 0.262 e. The zero-order valence-electron chi connectivity index (χ0n) is 20.5. The summed E-state index contributed by atoms with van der Waals surface area (Å²) in [5.74, 6) is -0.662. The van der Waals surface area contributed by atoms with Gasteiger partial charge in [0.2, 0.25) is 0 Å². The zero-order chi connectivity index (χ0) is 25.8. The van der Waals surface area contributed by atoms with Crippen LogP contribution < -0.4 is 26.4 Å². The van der Waals surface area contributed by atoms with Gasteiger partial charge >= 0.3 is 0 Å². The molecule has 0 fully saturated rings. The van der Waals surface area contributed by atoms with E-state index in [-0.39, 0.29) is 40.3 Å². The number of nitrogens with zero attached hydrogens (tertiary/aromatic N) is 1. The van der Waals surface area contributed by atoms with Gasteiger partial charge in [-0.15, -0.1) is 0 Å². The van der Waals surface area contributed by atoms with E-state index in [1.165, 1.54) is 6.07 Å². The van der Waals surface area contributed by atoms with E-state index >= 15 is 0 Å². The highest BCUT2D eigenvalue weighted by Crippen LogP contribution is 2.34. The lowest BCUT2D eigenvalue weighted by molar-refractivity contribution is 0.0986. The summed E-state index contributed by atoms with van der Waals surface area (Å²) in [4.78, 5) is 39.7. The number of phenols is 1. The Balaban J connectivity index is 1.62. The van der Waals surface area contributed by atoms with Gasteiger partial charge in [-0.2, -0.15) is 0 Å². The summed E-state index contributed by atoms with van der Waals surface area (Å²) >= 11 is 0. The minimum Gasteiger partial charge on any atom is -0.505 e. The molecule has 3 N–H and O–H groups in total. The van der Waals surface area contributed by atoms with Gasteiger partial charge in [0.25, 0.3) is 16.8 Å². The summed E-state index contributed by atoms with van der Waals surface area (Å²) in [6.45, 7) is 6.19. The van der Waals surface area contributed by atoms with E-state index in [9.17, 15) is 19.5 Å². The summed E-state index contributed by atoms with van der Waals surface area (Å²) in [7, 11) is 0. The predicted octanol–water partition coefficient (Wildman–Crippen LogP) is 5.27. The Labute approximate surface area is 209 Å². The van der Waals surface area contributed by atoms with Gasteiger partial charge in [-0.25, -0.2) is 0 Å². The topological polar surface area (TPSA) is 98.7 Å². The minimum atomic E-state index is -0.675. The Morgan fingerprint density at radius 2 is 1.61 bits per heavy atom. The van der Waals surface area contributed by atoms with Gasteiger partial charge in [0.05, 0.1) is 17.3 Å². The molecule has 0 aromatic heterocycles. The van der Waals surface area contributed by atoms with Gasteiger partial charge < -0.3 is 20.6 Å². The second-order valence-corrected chi connectivity index (χ2v) is 8.64. The van der Waals surface area contributed by atoms with Crippen molar-refractivity contribution >= 4 is 28.7 Å². The van der Waals surface area contributed by atoms with Crippen LogP contribution in [-0.2, 0) is 0 Å². The molecule has 0 aliphatic heterocycles. The molecule has 4 aromatic rings. The highest BCUT2D eigenvalue weighted by molar-refractivity contribution is 6.09. The van der Waals surface area contributed by atoms with Crippen molar-refractivity contribution in [1.29, 1.82) is 0 Å². The molecule has 36 heavy (non-hydrogen) atoms. The molecule has 4 rings (SSSR count). The lowest BCUT2D eigenvalue weighted by atomic mass is 10.0. The average molecular weight is 484 g/mol. The van der Waals surface area contributed by atoms with E-state index in [4.69, 9.17) is 0 Å². The second-order valence-electron chi connectivity index (χ2n) is 8.64. The number of benzene rings is 3. The molecule has 0 heterocycles. The Morgan fingerprint density at radius 1 is 0.917 bits per heavy atom. The molecule has 0 saturated carbocycles. The Morgan fingerprint density at radius 3 is 2.28 bits per heavy atom. The summed E-state index contributed by atoms with van der Waals surface area (Å²) < 4.78 is 0. The number of rotatable bonds is 9. The van der Waals surface area contributed by atoms with Crippen molar-refractivity contribution in [1.82, 2.24) is 0 Å². The molecule has 0 unspecified atom stereocenters. The fourth-order valence-electron chi connectivity index (χ4n) is 4.27. The molecule has 7 nitrogen and oxygen atoms in total. The fraction of sp³-hybridized carbons (Fsp3) is 0.207. The molecular formula is C29H29N3O4. The molecule has 1 amide bonds. The van der Waals surface area contributed by atoms with Gasteiger partial charge in [0.15, 0.2) is 5.75 Å². The second kappa shape index (κ2) is 10.5. The number of carbonyl (C=O) groups is 1. The van der Waals surface area contributed by atoms with Crippen LogP contribution in [0.1, 0.15) is 47.8 Å². The van der Waals surface area contributed by atoms with Crippen LogP contribution in [-0.4, -0.2) is 17.6 Å². The molecule has 0 spiro atoms. The van der Waals surface area contributed by atoms with E-state index in [2.05, 4.69) is 10.6 Å². The molecule has 0 saturated heterocycles. The van der Waals surface area contributed by atoms with E-state index in [1.54, 1.807) is 17.0 Å². The van der Waals surface area contributed by atoms with Crippen molar-refractivity contribution in [2.75, 3.05) is 22.1 Å². The van der Waals surface area contributed by atoms with Crippen LogP contribution in [0.3, 0.4) is 0 Å². The highest BCUT2D eigenvalue weighted by atomic mass is 16.3. The largest absolute Gasteiger partial charge is 0.505 e. The predicted molar refractivity (Wildman–Crippen MR) is 144 cm³/mol. The quantitative estimate of drug-likeness (QED) is 0.222. The number of phenolic OH excluding ortho intramolecular Hbond substituents is 1. The number of aryl methyl sites for hydroxylation is 1. The van der Waals surface area contributed by atoms with E-state index < -0.39 is 10.9 Å². The number of hydrogen-bond acceptors (Lipinski definition) is 6. The number of hydrogen-bond donors (Lipinski definition) is 3. The van der Waals surface area contributed by atoms with Crippen LogP contribution in [0, 0.1) is 6.92 Å². The van der Waals surface area contributed by atoms with Crippen molar-refractivity contribution in [3.63, 3.8) is 0 Å². The molecule has 184 valence electrons. The van der Waals surface area contributed by atoms with Crippen LogP contribution >= 0.6 is 0 Å². The monoisotopic (exact) mass is 483 g/mol. The minimum absolute atomic E-state index is 0.0697. The molecule has 0 radical (unpaired) electrons. The van der Waals surface area contributed by atoms with E-state index in [1.807, 2.05) is 75.4 Å². The summed E-state index contributed by atoms with van der Waals surface area (Å²) in [5, 5.41) is 17.0. The molecule has 0 bridgehead atoms. The summed E-state index contributed by atoms with van der Waals surface area (Å²) in [6, 6.07) is 21.8. The molecule has 4 aromatic carbocycles. The van der Waals surface area contributed by atoms with E-state index in [0.717, 1.165) is 16.8 Å². The van der Waals surface area contributed by atoms with Crippen molar-refractivity contribution in [3.05, 3.63) is 110 Å². The fourth-order valence-corrected chi connectivity index (χ4v) is 4.27. The first-order valence-electron chi connectivity index (χ1n) is 12.0. The third-order valence-electron chi connectivity index (χ3n) is 6.24. The first kappa shape index (κ1) is 24.7. The Bertz CT molecular complexity index is 1460. The van der Waals surface area contributed by atoms with Crippen LogP contribution in [0.15, 0.2) is 82.4 Å². The molecule has 7 heteroatoms. The van der Waals surface area contributed by atoms with E-state index in [0.29, 0.717) is 13.0 Å². The third kappa shape index (κ3) is 4.73. The highest BCUT2D eigenvalue weighted by Gasteiger charge is 2.26. The first-order chi connectivity index (χ1) is 17.3. The number of anilines is 4. The van der Waals surface area contributed by atoms with Crippen molar-refractivity contribution < 1.29 is 9.90 Å². The lowest BCUT2D eigenvalue weighted by Crippen LogP contribution is -2.37. The van der Waals surface area contributed by atoms with Crippen molar-refractivity contribution in [2.24, 2.45) is 0 Å². The molecular weight excluding hydrogens is 454 g/mol. The van der Waals surface area contributed by atoms with Gasteiger partial charge in [0, 0.05) is 12.2 Å². The van der Waals surface area contributed by atoms with Crippen LogP contribution in [0.4, 0.5) is 22.7 Å². The Kier molecular flexibility index (Phi) is 7.20. The molecule has 0 aliphatic carbocycles. The van der Waals surface area contributed by atoms with Crippen LogP contribution in [0.5, 0.6) is 5.75 Å². The molecule has 1 atom stereocenters. The number of para-hydroxylation sites is 1. The van der Waals surface area contributed by atoms with Gasteiger partial charge in [-0.3, -0.25) is 14.4 Å². The normalized spacial score (nSPS) is 11.8. The zero-order valence-corrected chi connectivity index (χ0v) is 20.5. The number of carbonyl (C=O) groups excluding carboxylic acids is 1. The van der Waals surface area contributed by atoms with Crippen LogP contribution in [0.2, 0.25) is 0 Å². The Hall–Kier alpha value is -4.39. The molecule has 0 aliphatic rings. The summed E-state index contributed by atoms with van der Waals surface area (Å²) in [6.07, 6.45) is 0.698. The lowest BCUT2D eigenvalue weighted by Gasteiger charge is -2.24. The van der Waals surface area contributed by atoms with Crippen molar-refractivity contribution in [3.8, 4) is 5.75 Å². The smallest absolute Gasteiger partial charge is 0.262 e. The number of aromatic hydroxyl groups is 1. The maximum atomic E-state index is 13.3. The standard InChI is InChI=1S/C29H29N3O4/c1-4-22(19-12-7-6-8-13-19)30-24-25(28(35)27(24)34)31-23-16-10-15-21(26(23)33)29(36)32(5-2)20-14-9-11-18(3)17-20/h6-17,22,30-31,33H,4-5H2,1-3H3/t22-/m1/s1. The first-order valence-corrected chi connectivity index (χ1v) is 12.0. The van der Waals surface area contributed by atoms with Gasteiger partial charge in [0.1, 0.15) is 11.4 Å². The van der Waals surface area contributed by atoms with Gasteiger partial charge in [-0.05, 0) is 55.7 Å². The van der Waals surface area contributed by atoms with Gasteiger partial charge in [-0.1, -0.05) is 55.5 Å².